The minimum atomic E-state index is 0.657. The molecule has 0 saturated carbocycles. The highest BCUT2D eigenvalue weighted by molar-refractivity contribution is 6.34. The summed E-state index contributed by atoms with van der Waals surface area (Å²) >= 11 is 6.78. The van der Waals surface area contributed by atoms with Gasteiger partial charge in [-0.1, -0.05) is 103 Å². The average Bonchev–Trinajstić information content (AvgIpc) is 2.93. The van der Waals surface area contributed by atoms with Crippen molar-refractivity contribution in [2.24, 2.45) is 0 Å². The molecule has 0 saturated heterocycles. The number of hydrogen-bond acceptors (Lipinski definition) is 3. The molecule has 166 valence electrons. The molecule has 0 aliphatic carbocycles. The molecule has 0 unspecified atom stereocenters. The summed E-state index contributed by atoms with van der Waals surface area (Å²) in [7, 11) is 0. The van der Waals surface area contributed by atoms with Gasteiger partial charge in [0.1, 0.15) is 0 Å². The van der Waals surface area contributed by atoms with Crippen LogP contribution in [0.2, 0.25) is 5.02 Å². The van der Waals surface area contributed by atoms with E-state index in [0.29, 0.717) is 10.8 Å². The second-order valence-electron chi connectivity index (χ2n) is 8.27. The average molecular weight is 470 g/mol. The third kappa shape index (κ3) is 4.18. The molecule has 0 amide bonds. The molecular formula is C31H20ClN3. The van der Waals surface area contributed by atoms with Crippen molar-refractivity contribution in [3.05, 3.63) is 126 Å². The number of halogens is 1. The van der Waals surface area contributed by atoms with Crippen LogP contribution in [0.15, 0.2) is 121 Å². The van der Waals surface area contributed by atoms with Crippen LogP contribution in [-0.2, 0) is 0 Å². The topological polar surface area (TPSA) is 38.7 Å². The molecule has 0 aliphatic rings. The van der Waals surface area contributed by atoms with Crippen molar-refractivity contribution in [3.63, 3.8) is 0 Å². The van der Waals surface area contributed by atoms with Crippen LogP contribution in [0.25, 0.3) is 55.9 Å². The van der Waals surface area contributed by atoms with Gasteiger partial charge in [0.25, 0.3) is 0 Å². The second-order valence-corrected chi connectivity index (χ2v) is 8.68. The summed E-state index contributed by atoms with van der Waals surface area (Å²) in [6.07, 6.45) is 1.78. The fourth-order valence-electron chi connectivity index (χ4n) is 4.30. The van der Waals surface area contributed by atoms with Crippen molar-refractivity contribution in [1.29, 1.82) is 0 Å². The van der Waals surface area contributed by atoms with E-state index in [1.807, 2.05) is 72.8 Å². The van der Waals surface area contributed by atoms with Crippen LogP contribution in [0.1, 0.15) is 0 Å². The van der Waals surface area contributed by atoms with Gasteiger partial charge in [-0.2, -0.15) is 0 Å². The largest absolute Gasteiger partial charge is 0.256 e. The minimum absolute atomic E-state index is 0.657. The van der Waals surface area contributed by atoms with E-state index in [0.717, 1.165) is 50.1 Å². The van der Waals surface area contributed by atoms with Crippen molar-refractivity contribution in [1.82, 2.24) is 15.0 Å². The minimum Gasteiger partial charge on any atom is -0.256 e. The molecule has 0 N–H and O–H groups in total. The van der Waals surface area contributed by atoms with Crippen LogP contribution in [0.5, 0.6) is 0 Å². The van der Waals surface area contributed by atoms with Crippen molar-refractivity contribution in [2.45, 2.75) is 0 Å². The van der Waals surface area contributed by atoms with Crippen LogP contribution in [-0.4, -0.2) is 15.0 Å². The molecule has 0 radical (unpaired) electrons. The Labute approximate surface area is 208 Å². The van der Waals surface area contributed by atoms with E-state index in [9.17, 15) is 0 Å². The molecule has 0 spiro atoms. The summed E-state index contributed by atoms with van der Waals surface area (Å²) in [6, 6.07) is 38.6. The molecule has 0 atom stereocenters. The number of benzene rings is 4. The summed E-state index contributed by atoms with van der Waals surface area (Å²) in [5, 5.41) is 1.70. The predicted molar refractivity (Wildman–Crippen MR) is 144 cm³/mol. The Balaban J connectivity index is 1.58. The number of hydrogen-bond donors (Lipinski definition) is 0. The zero-order chi connectivity index (χ0) is 23.6. The van der Waals surface area contributed by atoms with E-state index in [1.165, 1.54) is 0 Å². The van der Waals surface area contributed by atoms with Crippen LogP contribution >= 0.6 is 11.6 Å². The van der Waals surface area contributed by atoms with Gasteiger partial charge >= 0.3 is 0 Å². The first-order valence-corrected chi connectivity index (χ1v) is 11.8. The van der Waals surface area contributed by atoms with Crippen molar-refractivity contribution in [3.8, 4) is 45.0 Å². The Hall–Kier alpha value is -4.34. The number of rotatable bonds is 4. The number of fused-ring (bicyclic) bond motifs is 1. The monoisotopic (exact) mass is 469 g/mol. The Morgan fingerprint density at radius 2 is 1.17 bits per heavy atom. The Bertz CT molecular complexity index is 1590. The van der Waals surface area contributed by atoms with Gasteiger partial charge in [0, 0.05) is 33.8 Å². The van der Waals surface area contributed by atoms with E-state index in [1.54, 1.807) is 6.20 Å². The van der Waals surface area contributed by atoms with Crippen LogP contribution in [0.3, 0.4) is 0 Å². The SMILES string of the molecule is Clc1cc2ncccc2cc1-c1ccccc1-c1cc(-c2ccccc2)nc(-c2ccccc2)n1. The molecule has 4 heteroatoms. The van der Waals surface area contributed by atoms with E-state index in [-0.39, 0.29) is 0 Å². The molecule has 6 rings (SSSR count). The molecule has 2 heterocycles. The Morgan fingerprint density at radius 1 is 0.514 bits per heavy atom. The zero-order valence-corrected chi connectivity index (χ0v) is 19.5. The molecule has 0 bridgehead atoms. The standard InChI is InChI=1S/C31H20ClN3/c32-27-19-28-23(14-9-17-33-28)18-26(27)24-15-7-8-16-25(24)30-20-29(21-10-3-1-4-11-21)34-31(35-30)22-12-5-2-6-13-22/h1-20H. The fraction of sp³-hybridized carbons (Fsp3) is 0. The summed E-state index contributed by atoms with van der Waals surface area (Å²) in [6.45, 7) is 0. The summed E-state index contributed by atoms with van der Waals surface area (Å²) < 4.78 is 0. The quantitative estimate of drug-likeness (QED) is 0.260. The molecule has 6 aromatic rings. The third-order valence-corrected chi connectivity index (χ3v) is 6.33. The Kier molecular flexibility index (Phi) is 5.53. The van der Waals surface area contributed by atoms with Gasteiger partial charge in [0.15, 0.2) is 5.82 Å². The first kappa shape index (κ1) is 21.2. The number of nitrogens with zero attached hydrogens (tertiary/aromatic N) is 3. The van der Waals surface area contributed by atoms with Crippen LogP contribution in [0.4, 0.5) is 0 Å². The number of aromatic nitrogens is 3. The van der Waals surface area contributed by atoms with Crippen molar-refractivity contribution >= 4 is 22.5 Å². The highest BCUT2D eigenvalue weighted by Gasteiger charge is 2.16. The molecule has 35 heavy (non-hydrogen) atoms. The normalized spacial score (nSPS) is 11.0. The van der Waals surface area contributed by atoms with Gasteiger partial charge in [0.05, 0.1) is 21.9 Å². The maximum absolute atomic E-state index is 6.78. The van der Waals surface area contributed by atoms with Gasteiger partial charge in [-0.25, -0.2) is 9.97 Å². The smallest absolute Gasteiger partial charge is 0.160 e. The molecule has 4 aromatic carbocycles. The highest BCUT2D eigenvalue weighted by Crippen LogP contribution is 2.38. The third-order valence-electron chi connectivity index (χ3n) is 6.01. The van der Waals surface area contributed by atoms with E-state index < -0.39 is 0 Å². The molecule has 0 aliphatic heterocycles. The highest BCUT2D eigenvalue weighted by atomic mass is 35.5. The Morgan fingerprint density at radius 3 is 1.94 bits per heavy atom. The fourth-order valence-corrected chi connectivity index (χ4v) is 4.56. The zero-order valence-electron chi connectivity index (χ0n) is 18.8. The predicted octanol–water partition coefficient (Wildman–Crippen LogP) is 8.35. The van der Waals surface area contributed by atoms with E-state index >= 15 is 0 Å². The summed E-state index contributed by atoms with van der Waals surface area (Å²) in [4.78, 5) is 14.4. The van der Waals surface area contributed by atoms with Gasteiger partial charge in [-0.3, -0.25) is 4.98 Å². The first-order valence-electron chi connectivity index (χ1n) is 11.4. The molecule has 0 fully saturated rings. The summed E-state index contributed by atoms with van der Waals surface area (Å²) in [5.74, 6) is 0.686. The molecule has 3 nitrogen and oxygen atoms in total. The van der Waals surface area contributed by atoms with Crippen LogP contribution in [0, 0.1) is 0 Å². The first-order chi connectivity index (χ1) is 17.3. The van der Waals surface area contributed by atoms with Crippen LogP contribution < -0.4 is 0 Å². The van der Waals surface area contributed by atoms with Gasteiger partial charge < -0.3 is 0 Å². The summed E-state index contributed by atoms with van der Waals surface area (Å²) in [5.41, 5.74) is 7.56. The molecule has 2 aromatic heterocycles. The lowest BCUT2D eigenvalue weighted by atomic mass is 9.95. The lowest BCUT2D eigenvalue weighted by molar-refractivity contribution is 1.18. The second kappa shape index (κ2) is 9.13. The van der Waals surface area contributed by atoms with E-state index in [2.05, 4.69) is 47.4 Å². The van der Waals surface area contributed by atoms with Crippen molar-refractivity contribution in [2.75, 3.05) is 0 Å². The number of pyridine rings is 1. The van der Waals surface area contributed by atoms with Gasteiger partial charge in [-0.15, -0.1) is 0 Å². The molecular weight excluding hydrogens is 450 g/mol. The maximum Gasteiger partial charge on any atom is 0.160 e. The van der Waals surface area contributed by atoms with Crippen molar-refractivity contribution < 1.29 is 0 Å². The maximum atomic E-state index is 6.78. The van der Waals surface area contributed by atoms with Gasteiger partial charge in [-0.05, 0) is 29.8 Å². The lowest BCUT2D eigenvalue weighted by Crippen LogP contribution is -1.97. The van der Waals surface area contributed by atoms with Gasteiger partial charge in [0.2, 0.25) is 0 Å². The lowest BCUT2D eigenvalue weighted by Gasteiger charge is -2.14. The van der Waals surface area contributed by atoms with E-state index in [4.69, 9.17) is 21.6 Å².